The summed E-state index contributed by atoms with van der Waals surface area (Å²) in [7, 11) is 0. The summed E-state index contributed by atoms with van der Waals surface area (Å²) < 4.78 is 4.94. The van der Waals surface area contributed by atoms with Crippen LogP contribution in [-0.4, -0.2) is 11.9 Å². The molecule has 1 radical (unpaired) electrons. The van der Waals surface area contributed by atoms with E-state index in [1.807, 2.05) is 0 Å². The number of unbranched alkanes of at least 4 members (excludes halogenated alkanes) is 2. The van der Waals surface area contributed by atoms with Gasteiger partial charge in [0.25, 0.3) is 0 Å². The molecule has 0 aromatic rings. The highest BCUT2D eigenvalue weighted by Crippen LogP contribution is 2.02. The van der Waals surface area contributed by atoms with E-state index in [4.69, 9.17) is 4.74 Å². The average molecular weight is 167 g/mol. The van der Waals surface area contributed by atoms with E-state index in [1.54, 1.807) is 20.1 Å². The third kappa shape index (κ3) is 5.79. The van der Waals surface area contributed by atoms with Gasteiger partial charge in [0, 0.05) is 6.42 Å². The Labute approximate surface area is 74.3 Å². The van der Waals surface area contributed by atoms with Gasteiger partial charge < -0.3 is 4.74 Å². The molecule has 0 rings (SSSR count). The SMILES string of the molecule is CCCCC#COC(C)(C)[C]=O. The van der Waals surface area contributed by atoms with Crippen molar-refractivity contribution in [3.63, 3.8) is 0 Å². The highest BCUT2D eigenvalue weighted by Gasteiger charge is 2.17. The lowest BCUT2D eigenvalue weighted by atomic mass is 10.2. The van der Waals surface area contributed by atoms with Crippen molar-refractivity contribution in [2.75, 3.05) is 0 Å². The summed E-state index contributed by atoms with van der Waals surface area (Å²) in [6, 6.07) is 0. The van der Waals surface area contributed by atoms with Gasteiger partial charge in [0.15, 0.2) is 5.60 Å². The maximum absolute atomic E-state index is 10.2. The van der Waals surface area contributed by atoms with E-state index in [0.29, 0.717) is 0 Å². The highest BCUT2D eigenvalue weighted by atomic mass is 16.5. The molecule has 0 N–H and O–H groups in total. The average Bonchev–Trinajstić information content (AvgIpc) is 2.04. The van der Waals surface area contributed by atoms with Gasteiger partial charge in [-0.3, -0.25) is 4.79 Å². The fourth-order valence-electron chi connectivity index (χ4n) is 0.501. The first-order valence-electron chi connectivity index (χ1n) is 4.17. The molecule has 0 bridgehead atoms. The molecule has 0 aliphatic heterocycles. The Morgan fingerprint density at radius 1 is 1.42 bits per heavy atom. The van der Waals surface area contributed by atoms with Crippen LogP contribution in [0, 0.1) is 12.0 Å². The van der Waals surface area contributed by atoms with Crippen molar-refractivity contribution in [2.24, 2.45) is 0 Å². The van der Waals surface area contributed by atoms with Crippen LogP contribution in [-0.2, 0) is 9.53 Å². The molecular weight excluding hydrogens is 152 g/mol. The Bertz CT molecular complexity index is 184. The Hall–Kier alpha value is -0.970. The molecule has 12 heavy (non-hydrogen) atoms. The van der Waals surface area contributed by atoms with Crippen molar-refractivity contribution >= 4 is 6.29 Å². The molecule has 0 heterocycles. The fourth-order valence-corrected chi connectivity index (χ4v) is 0.501. The van der Waals surface area contributed by atoms with Crippen molar-refractivity contribution in [3.8, 4) is 12.0 Å². The standard InChI is InChI=1S/C10H15O2/c1-4-5-6-7-8-12-10(2,3)9-11/h4-6H2,1-3H3. The predicted octanol–water partition coefficient (Wildman–Crippen LogP) is 2.04. The lowest BCUT2D eigenvalue weighted by molar-refractivity contribution is 0.141. The minimum Gasteiger partial charge on any atom is -0.432 e. The van der Waals surface area contributed by atoms with Gasteiger partial charge in [-0.15, -0.1) is 0 Å². The van der Waals surface area contributed by atoms with Crippen LogP contribution in [0.3, 0.4) is 0 Å². The van der Waals surface area contributed by atoms with Gasteiger partial charge in [-0.2, -0.15) is 0 Å². The molecule has 0 aromatic heterocycles. The number of carbonyl (C=O) groups excluding carboxylic acids is 1. The van der Waals surface area contributed by atoms with E-state index < -0.39 is 5.60 Å². The summed E-state index contributed by atoms with van der Waals surface area (Å²) in [6.45, 7) is 5.37. The summed E-state index contributed by atoms with van der Waals surface area (Å²) in [5.74, 6) is 2.83. The van der Waals surface area contributed by atoms with Crippen LogP contribution >= 0.6 is 0 Å². The highest BCUT2D eigenvalue weighted by molar-refractivity contribution is 5.61. The van der Waals surface area contributed by atoms with Gasteiger partial charge in [0.2, 0.25) is 6.29 Å². The van der Waals surface area contributed by atoms with Gasteiger partial charge in [-0.25, -0.2) is 0 Å². The maximum atomic E-state index is 10.2. The second kappa shape index (κ2) is 5.65. The van der Waals surface area contributed by atoms with Crippen molar-refractivity contribution < 1.29 is 9.53 Å². The zero-order valence-electron chi connectivity index (χ0n) is 7.94. The first-order chi connectivity index (χ1) is 5.62. The summed E-state index contributed by atoms with van der Waals surface area (Å²) >= 11 is 0. The second-order valence-corrected chi connectivity index (χ2v) is 3.10. The summed E-state index contributed by atoms with van der Waals surface area (Å²) in [4.78, 5) is 10.2. The second-order valence-electron chi connectivity index (χ2n) is 3.10. The van der Waals surface area contributed by atoms with Crippen molar-refractivity contribution in [3.05, 3.63) is 0 Å². The van der Waals surface area contributed by atoms with Crippen molar-refractivity contribution in [2.45, 2.75) is 45.6 Å². The minimum absolute atomic E-state index is 0.825. The van der Waals surface area contributed by atoms with Crippen LogP contribution in [0.1, 0.15) is 40.0 Å². The summed E-state index contributed by atoms with van der Waals surface area (Å²) in [6.07, 6.45) is 7.28. The topological polar surface area (TPSA) is 26.3 Å². The summed E-state index contributed by atoms with van der Waals surface area (Å²) in [5, 5.41) is 0. The molecule has 67 valence electrons. The Morgan fingerprint density at radius 2 is 2.08 bits per heavy atom. The smallest absolute Gasteiger partial charge is 0.246 e. The molecule has 0 atom stereocenters. The zero-order valence-corrected chi connectivity index (χ0v) is 7.94. The molecule has 2 heteroatoms. The van der Waals surface area contributed by atoms with Gasteiger partial charge in [-0.1, -0.05) is 19.3 Å². The lowest BCUT2D eigenvalue weighted by Gasteiger charge is -2.11. The molecule has 0 saturated carbocycles. The van der Waals surface area contributed by atoms with Gasteiger partial charge >= 0.3 is 0 Å². The fraction of sp³-hybridized carbons (Fsp3) is 0.700. The number of hydrogen-bond donors (Lipinski definition) is 0. The Kier molecular flexibility index (Phi) is 5.19. The molecule has 0 amide bonds. The number of rotatable bonds is 4. The van der Waals surface area contributed by atoms with Crippen LogP contribution in [0.5, 0.6) is 0 Å². The lowest BCUT2D eigenvalue weighted by Crippen LogP contribution is -2.23. The van der Waals surface area contributed by atoms with Crippen LogP contribution in [0.4, 0.5) is 0 Å². The van der Waals surface area contributed by atoms with Crippen molar-refractivity contribution in [1.29, 1.82) is 0 Å². The van der Waals surface area contributed by atoms with E-state index in [1.165, 1.54) is 0 Å². The monoisotopic (exact) mass is 167 g/mol. The van der Waals surface area contributed by atoms with Gasteiger partial charge in [-0.05, 0) is 20.3 Å². The van der Waals surface area contributed by atoms with Crippen LogP contribution in [0.25, 0.3) is 0 Å². The van der Waals surface area contributed by atoms with Crippen LogP contribution in [0.15, 0.2) is 0 Å². The predicted molar refractivity (Wildman–Crippen MR) is 48.2 cm³/mol. The van der Waals surface area contributed by atoms with E-state index in [2.05, 4.69) is 19.0 Å². The molecule has 0 saturated heterocycles. The van der Waals surface area contributed by atoms with E-state index >= 15 is 0 Å². The third-order valence-electron chi connectivity index (χ3n) is 1.28. The minimum atomic E-state index is -0.890. The Morgan fingerprint density at radius 3 is 2.58 bits per heavy atom. The molecular formula is C10H15O2. The molecule has 2 nitrogen and oxygen atoms in total. The van der Waals surface area contributed by atoms with Gasteiger partial charge in [0.1, 0.15) is 6.11 Å². The van der Waals surface area contributed by atoms with Crippen LogP contribution in [0.2, 0.25) is 0 Å². The van der Waals surface area contributed by atoms with E-state index in [0.717, 1.165) is 19.3 Å². The van der Waals surface area contributed by atoms with E-state index in [-0.39, 0.29) is 0 Å². The zero-order chi connectivity index (χ0) is 9.45. The van der Waals surface area contributed by atoms with Crippen LogP contribution < -0.4 is 0 Å². The normalized spacial score (nSPS) is 9.92. The maximum Gasteiger partial charge on any atom is 0.246 e. The van der Waals surface area contributed by atoms with Crippen molar-refractivity contribution in [1.82, 2.24) is 0 Å². The first kappa shape index (κ1) is 11.0. The largest absolute Gasteiger partial charge is 0.432 e. The molecule has 0 aromatic carbocycles. The number of hydrogen-bond acceptors (Lipinski definition) is 2. The Balaban J connectivity index is 3.63. The number of ether oxygens (including phenoxy) is 1. The first-order valence-corrected chi connectivity index (χ1v) is 4.17. The molecule has 0 aliphatic carbocycles. The third-order valence-corrected chi connectivity index (χ3v) is 1.28. The quantitative estimate of drug-likeness (QED) is 0.473. The molecule has 0 unspecified atom stereocenters. The molecule has 0 aliphatic rings. The summed E-state index contributed by atoms with van der Waals surface area (Å²) in [5.41, 5.74) is -0.890. The van der Waals surface area contributed by atoms with Gasteiger partial charge in [0.05, 0.1) is 0 Å². The molecule has 0 spiro atoms. The van der Waals surface area contributed by atoms with E-state index in [9.17, 15) is 4.79 Å². The molecule has 0 fully saturated rings.